The van der Waals surface area contributed by atoms with Crippen LogP contribution in [0, 0.1) is 5.21 Å². The molecule has 1 rings (SSSR count). The maximum atomic E-state index is 11.1. The Bertz CT molecular complexity index is 369. The van der Waals surface area contributed by atoms with Gasteiger partial charge in [-0.2, -0.15) is 4.73 Å². The number of nitrogens with zero attached hydrogens (tertiary/aromatic N) is 1. The van der Waals surface area contributed by atoms with E-state index in [1.807, 2.05) is 6.92 Å². The molecule has 14 heavy (non-hydrogen) atoms. The number of hydrogen-bond donors (Lipinski definition) is 0. The van der Waals surface area contributed by atoms with Crippen LogP contribution in [0.5, 0.6) is 0 Å². The molecule has 74 valence electrons. The van der Waals surface area contributed by atoms with Crippen LogP contribution < -0.4 is 4.73 Å². The molecule has 0 atom stereocenters. The first-order chi connectivity index (χ1) is 6.63. The lowest BCUT2D eigenvalue weighted by molar-refractivity contribution is -0.605. The lowest BCUT2D eigenvalue weighted by Gasteiger charge is -1.99. The number of hydrogen-bond acceptors (Lipinski definition) is 2. The zero-order valence-corrected chi connectivity index (χ0v) is 8.36. The van der Waals surface area contributed by atoms with E-state index >= 15 is 0 Å². The highest BCUT2D eigenvalue weighted by Crippen LogP contribution is 2.08. The number of rotatable bonds is 3. The SMILES string of the molecule is CC/C(=C\c1ccc[n+]([O-])c1)C(C)=O. The Kier molecular flexibility index (Phi) is 3.40. The second-order valence-electron chi connectivity index (χ2n) is 3.08. The molecule has 0 fully saturated rings. The minimum atomic E-state index is 0.0498. The van der Waals surface area contributed by atoms with E-state index < -0.39 is 0 Å². The van der Waals surface area contributed by atoms with Gasteiger partial charge in [-0.1, -0.05) is 6.92 Å². The average Bonchev–Trinajstić information content (AvgIpc) is 2.14. The van der Waals surface area contributed by atoms with Gasteiger partial charge in [-0.15, -0.1) is 0 Å². The second-order valence-corrected chi connectivity index (χ2v) is 3.08. The highest BCUT2D eigenvalue weighted by Gasteiger charge is 2.01. The summed E-state index contributed by atoms with van der Waals surface area (Å²) in [7, 11) is 0. The molecular weight excluding hydrogens is 178 g/mol. The topological polar surface area (TPSA) is 44.0 Å². The molecule has 0 aromatic carbocycles. The van der Waals surface area contributed by atoms with Crippen LogP contribution in [-0.2, 0) is 4.79 Å². The lowest BCUT2D eigenvalue weighted by Crippen LogP contribution is -2.24. The number of allylic oxidation sites excluding steroid dienone is 1. The smallest absolute Gasteiger partial charge is 0.187 e. The monoisotopic (exact) mass is 191 g/mol. The minimum Gasteiger partial charge on any atom is -0.619 e. The number of carbonyl (C=O) groups excluding carboxylic acids is 1. The lowest BCUT2D eigenvalue weighted by atomic mass is 10.1. The van der Waals surface area contributed by atoms with Crippen LogP contribution in [0.4, 0.5) is 0 Å². The van der Waals surface area contributed by atoms with Crippen molar-refractivity contribution < 1.29 is 9.52 Å². The van der Waals surface area contributed by atoms with Crippen LogP contribution in [-0.4, -0.2) is 5.78 Å². The van der Waals surface area contributed by atoms with Crippen molar-refractivity contribution in [3.63, 3.8) is 0 Å². The van der Waals surface area contributed by atoms with E-state index in [-0.39, 0.29) is 5.78 Å². The number of ketones is 1. The fraction of sp³-hybridized carbons (Fsp3) is 0.273. The van der Waals surface area contributed by atoms with Crippen molar-refractivity contribution in [1.29, 1.82) is 0 Å². The van der Waals surface area contributed by atoms with Gasteiger partial charge in [0, 0.05) is 11.6 Å². The van der Waals surface area contributed by atoms with Crippen LogP contribution in [0.25, 0.3) is 6.08 Å². The van der Waals surface area contributed by atoms with Gasteiger partial charge in [0.15, 0.2) is 18.2 Å². The van der Waals surface area contributed by atoms with Crippen molar-refractivity contribution in [2.45, 2.75) is 20.3 Å². The second kappa shape index (κ2) is 4.56. The van der Waals surface area contributed by atoms with Gasteiger partial charge in [0.25, 0.3) is 0 Å². The Labute approximate surface area is 83.3 Å². The number of carbonyl (C=O) groups is 1. The third kappa shape index (κ3) is 2.69. The minimum absolute atomic E-state index is 0.0498. The number of pyridine rings is 1. The molecule has 0 aliphatic rings. The first-order valence-corrected chi connectivity index (χ1v) is 4.54. The van der Waals surface area contributed by atoms with E-state index in [1.54, 1.807) is 18.2 Å². The van der Waals surface area contributed by atoms with Crippen LogP contribution >= 0.6 is 0 Å². The maximum absolute atomic E-state index is 11.1. The third-order valence-electron chi connectivity index (χ3n) is 1.97. The summed E-state index contributed by atoms with van der Waals surface area (Å²) < 4.78 is 0.721. The average molecular weight is 191 g/mol. The normalized spacial score (nSPS) is 11.4. The van der Waals surface area contributed by atoms with Gasteiger partial charge in [-0.3, -0.25) is 4.79 Å². The van der Waals surface area contributed by atoms with E-state index in [2.05, 4.69) is 0 Å². The highest BCUT2D eigenvalue weighted by molar-refractivity contribution is 5.97. The van der Waals surface area contributed by atoms with E-state index in [0.29, 0.717) is 6.42 Å². The maximum Gasteiger partial charge on any atom is 0.187 e. The summed E-state index contributed by atoms with van der Waals surface area (Å²) >= 11 is 0. The van der Waals surface area contributed by atoms with Crippen LogP contribution in [0.2, 0.25) is 0 Å². The van der Waals surface area contributed by atoms with Crippen molar-refractivity contribution in [1.82, 2.24) is 0 Å². The molecule has 0 N–H and O–H groups in total. The van der Waals surface area contributed by atoms with Crippen LogP contribution in [0.15, 0.2) is 30.1 Å². The van der Waals surface area contributed by atoms with Crippen molar-refractivity contribution in [3.05, 3.63) is 40.9 Å². The Morgan fingerprint density at radius 3 is 2.86 bits per heavy atom. The highest BCUT2D eigenvalue weighted by atomic mass is 16.5. The molecule has 1 heterocycles. The zero-order chi connectivity index (χ0) is 10.6. The quantitative estimate of drug-likeness (QED) is 0.414. The third-order valence-corrected chi connectivity index (χ3v) is 1.97. The molecule has 0 aliphatic carbocycles. The fourth-order valence-electron chi connectivity index (χ4n) is 1.21. The van der Waals surface area contributed by atoms with Gasteiger partial charge in [-0.05, 0) is 31.1 Å². The summed E-state index contributed by atoms with van der Waals surface area (Å²) in [6.07, 6.45) is 5.29. The first-order valence-electron chi connectivity index (χ1n) is 4.54. The number of Topliss-reactive ketones (excluding diaryl/α,β-unsaturated/α-hetero) is 1. The van der Waals surface area contributed by atoms with E-state index in [4.69, 9.17) is 0 Å². The van der Waals surface area contributed by atoms with Gasteiger partial charge >= 0.3 is 0 Å². The van der Waals surface area contributed by atoms with Gasteiger partial charge in [0.05, 0.1) is 0 Å². The Hall–Kier alpha value is -1.64. The molecular formula is C11H13NO2. The molecule has 0 spiro atoms. The molecule has 0 amide bonds. The van der Waals surface area contributed by atoms with Gasteiger partial charge < -0.3 is 5.21 Å². The van der Waals surface area contributed by atoms with Gasteiger partial charge in [0.1, 0.15) is 0 Å². The van der Waals surface area contributed by atoms with Crippen LogP contribution in [0.1, 0.15) is 25.8 Å². The molecule has 3 heteroatoms. The molecule has 0 unspecified atom stereocenters. The molecule has 1 aromatic heterocycles. The largest absolute Gasteiger partial charge is 0.619 e. The molecule has 0 radical (unpaired) electrons. The molecule has 1 aromatic rings. The van der Waals surface area contributed by atoms with Crippen LogP contribution in [0.3, 0.4) is 0 Å². The molecule has 0 saturated carbocycles. The van der Waals surface area contributed by atoms with Gasteiger partial charge in [0.2, 0.25) is 0 Å². The predicted octanol–water partition coefficient (Wildman–Crippen LogP) is 1.70. The van der Waals surface area contributed by atoms with E-state index in [0.717, 1.165) is 15.9 Å². The standard InChI is InChI=1S/C11H13NO2/c1-3-11(9(2)13)7-10-5-4-6-12(14)8-10/h4-8H,3H2,1-2H3/b11-7+. The fourth-order valence-corrected chi connectivity index (χ4v) is 1.21. The number of aromatic nitrogens is 1. The summed E-state index contributed by atoms with van der Waals surface area (Å²) in [4.78, 5) is 11.1. The Balaban J connectivity index is 3.00. The van der Waals surface area contributed by atoms with Crippen molar-refractivity contribution >= 4 is 11.9 Å². The zero-order valence-electron chi connectivity index (χ0n) is 8.36. The summed E-state index contributed by atoms with van der Waals surface area (Å²) in [5, 5.41) is 10.9. The Morgan fingerprint density at radius 2 is 2.36 bits per heavy atom. The first kappa shape index (κ1) is 10.4. The predicted molar refractivity (Wildman–Crippen MR) is 54.4 cm³/mol. The van der Waals surface area contributed by atoms with E-state index in [1.165, 1.54) is 19.3 Å². The molecule has 0 saturated heterocycles. The summed E-state index contributed by atoms with van der Waals surface area (Å²) in [5.74, 6) is 0.0498. The van der Waals surface area contributed by atoms with Crippen molar-refractivity contribution in [3.8, 4) is 0 Å². The van der Waals surface area contributed by atoms with E-state index in [9.17, 15) is 10.0 Å². The summed E-state index contributed by atoms with van der Waals surface area (Å²) in [6, 6.07) is 3.46. The molecule has 0 bridgehead atoms. The molecule has 3 nitrogen and oxygen atoms in total. The summed E-state index contributed by atoms with van der Waals surface area (Å²) in [5.41, 5.74) is 1.49. The molecule has 0 aliphatic heterocycles. The Morgan fingerprint density at radius 1 is 1.64 bits per heavy atom. The summed E-state index contributed by atoms with van der Waals surface area (Å²) in [6.45, 7) is 3.45. The van der Waals surface area contributed by atoms with Crippen molar-refractivity contribution in [2.24, 2.45) is 0 Å². The van der Waals surface area contributed by atoms with Crippen molar-refractivity contribution in [2.75, 3.05) is 0 Å². The van der Waals surface area contributed by atoms with Gasteiger partial charge in [-0.25, -0.2) is 0 Å².